The third kappa shape index (κ3) is 4.02. The Labute approximate surface area is 167 Å². The molecule has 2 aromatic heterocycles. The molecule has 0 aliphatic rings. The number of nitrogens with one attached hydrogen (secondary N) is 1. The van der Waals surface area contributed by atoms with Gasteiger partial charge in [-0.2, -0.15) is 0 Å². The van der Waals surface area contributed by atoms with Gasteiger partial charge in [0.1, 0.15) is 5.69 Å². The summed E-state index contributed by atoms with van der Waals surface area (Å²) in [5.41, 5.74) is 3.02. The van der Waals surface area contributed by atoms with Crippen LogP contribution in [0.15, 0.2) is 76.9 Å². The summed E-state index contributed by atoms with van der Waals surface area (Å²) in [4.78, 5) is 26.8. The third-order valence-corrected chi connectivity index (χ3v) is 5.04. The molecular weight excluding hydrogens is 368 g/mol. The Morgan fingerprint density at radius 3 is 2.39 bits per heavy atom. The maximum Gasteiger partial charge on any atom is 0.274 e. The molecule has 2 heterocycles. The number of anilines is 1. The van der Waals surface area contributed by atoms with E-state index in [1.165, 1.54) is 11.8 Å². The summed E-state index contributed by atoms with van der Waals surface area (Å²) in [6, 6.07) is 19.2. The number of nitrogens with zero attached hydrogens (tertiary/aromatic N) is 3. The summed E-state index contributed by atoms with van der Waals surface area (Å²) in [5.74, 6) is -0.227. The molecule has 5 nitrogen and oxygen atoms in total. The zero-order chi connectivity index (χ0) is 19.5. The highest BCUT2D eigenvalue weighted by molar-refractivity contribution is 7.99. The molecule has 0 radical (unpaired) electrons. The second kappa shape index (κ2) is 7.78. The van der Waals surface area contributed by atoms with Gasteiger partial charge in [-0.25, -0.2) is 9.97 Å². The van der Waals surface area contributed by atoms with Gasteiger partial charge in [0.25, 0.3) is 5.91 Å². The lowest BCUT2D eigenvalue weighted by Gasteiger charge is -2.08. The highest BCUT2D eigenvalue weighted by atomic mass is 32.2. The van der Waals surface area contributed by atoms with E-state index in [1.807, 2.05) is 74.5 Å². The Balaban J connectivity index is 1.50. The molecule has 0 saturated carbocycles. The van der Waals surface area contributed by atoms with Crippen LogP contribution < -0.4 is 5.32 Å². The zero-order valence-electron chi connectivity index (χ0n) is 15.5. The number of pyridine rings is 1. The Kier molecular flexibility index (Phi) is 5.04. The van der Waals surface area contributed by atoms with Gasteiger partial charge in [0.15, 0.2) is 5.16 Å². The van der Waals surface area contributed by atoms with Crippen molar-refractivity contribution in [3.05, 3.63) is 83.9 Å². The monoisotopic (exact) mass is 386 g/mol. The molecular formula is C22H18N4OS. The summed E-state index contributed by atoms with van der Waals surface area (Å²) in [6.07, 6.45) is 1.65. The van der Waals surface area contributed by atoms with Gasteiger partial charge < -0.3 is 5.32 Å². The van der Waals surface area contributed by atoms with Crippen molar-refractivity contribution in [2.45, 2.75) is 23.9 Å². The quantitative estimate of drug-likeness (QED) is 0.497. The molecule has 0 aliphatic carbocycles. The molecule has 0 atom stereocenters. The average molecular weight is 386 g/mol. The number of rotatable bonds is 4. The first-order valence-corrected chi connectivity index (χ1v) is 9.65. The first-order chi connectivity index (χ1) is 13.6. The van der Waals surface area contributed by atoms with Gasteiger partial charge >= 0.3 is 0 Å². The first-order valence-electron chi connectivity index (χ1n) is 8.84. The number of aromatic nitrogens is 3. The summed E-state index contributed by atoms with van der Waals surface area (Å²) in [7, 11) is 0. The number of fused-ring (bicyclic) bond motifs is 1. The Hall–Kier alpha value is -3.25. The van der Waals surface area contributed by atoms with Crippen LogP contribution >= 0.6 is 11.8 Å². The lowest BCUT2D eigenvalue weighted by molar-refractivity contribution is 0.102. The van der Waals surface area contributed by atoms with Crippen molar-refractivity contribution >= 4 is 34.1 Å². The molecule has 0 spiro atoms. The Bertz CT molecular complexity index is 1130. The predicted molar refractivity (Wildman–Crippen MR) is 112 cm³/mol. The fourth-order valence-electron chi connectivity index (χ4n) is 2.94. The second-order valence-corrected chi connectivity index (χ2v) is 7.44. The number of amides is 1. The van der Waals surface area contributed by atoms with Crippen molar-refractivity contribution < 1.29 is 4.79 Å². The molecule has 28 heavy (non-hydrogen) atoms. The number of aryl methyl sites for hydroxylation is 2. The zero-order valence-corrected chi connectivity index (χ0v) is 16.3. The van der Waals surface area contributed by atoms with Crippen molar-refractivity contribution in [2.75, 3.05) is 5.32 Å². The standard InChI is InChI=1S/C22H18N4OS/c1-14-13-15(2)25-22(24-14)28-18-9-7-17(8-10-18)26-21(27)20-19-6-4-3-5-16(19)11-12-23-20/h3-13H,1-2H3,(H,26,27). The number of carbonyl (C=O) groups is 1. The van der Waals surface area contributed by atoms with Gasteiger partial charge in [-0.3, -0.25) is 9.78 Å². The van der Waals surface area contributed by atoms with Crippen LogP contribution in [0.3, 0.4) is 0 Å². The molecule has 0 saturated heterocycles. The molecule has 1 N–H and O–H groups in total. The molecule has 0 bridgehead atoms. The van der Waals surface area contributed by atoms with Gasteiger partial charge in [0.05, 0.1) is 0 Å². The van der Waals surface area contributed by atoms with Crippen LogP contribution in [-0.4, -0.2) is 20.9 Å². The lowest BCUT2D eigenvalue weighted by atomic mass is 10.1. The molecule has 4 rings (SSSR count). The molecule has 138 valence electrons. The topological polar surface area (TPSA) is 67.8 Å². The SMILES string of the molecule is Cc1cc(C)nc(Sc2ccc(NC(=O)c3nccc4ccccc34)cc2)n1. The minimum absolute atomic E-state index is 0.227. The van der Waals surface area contributed by atoms with Crippen molar-refractivity contribution in [1.82, 2.24) is 15.0 Å². The van der Waals surface area contributed by atoms with Crippen molar-refractivity contribution in [2.24, 2.45) is 0 Å². The van der Waals surface area contributed by atoms with Crippen LogP contribution in [0.1, 0.15) is 21.9 Å². The number of carbonyl (C=O) groups excluding carboxylic acids is 1. The van der Waals surface area contributed by atoms with Gasteiger partial charge in [0.2, 0.25) is 0 Å². The number of hydrogen-bond acceptors (Lipinski definition) is 5. The largest absolute Gasteiger partial charge is 0.321 e. The Morgan fingerprint density at radius 1 is 0.929 bits per heavy atom. The average Bonchev–Trinajstić information content (AvgIpc) is 2.68. The normalized spacial score (nSPS) is 10.8. The van der Waals surface area contributed by atoms with Crippen LogP contribution in [0, 0.1) is 13.8 Å². The molecule has 2 aromatic carbocycles. The van der Waals surface area contributed by atoms with E-state index in [0.717, 1.165) is 27.1 Å². The summed E-state index contributed by atoms with van der Waals surface area (Å²) in [6.45, 7) is 3.91. The maximum absolute atomic E-state index is 12.7. The van der Waals surface area contributed by atoms with Gasteiger partial charge in [-0.15, -0.1) is 0 Å². The van der Waals surface area contributed by atoms with Crippen molar-refractivity contribution in [3.8, 4) is 0 Å². The van der Waals surface area contributed by atoms with Crippen molar-refractivity contribution in [1.29, 1.82) is 0 Å². The van der Waals surface area contributed by atoms with E-state index >= 15 is 0 Å². The molecule has 0 unspecified atom stereocenters. The van der Waals surface area contributed by atoms with Crippen molar-refractivity contribution in [3.63, 3.8) is 0 Å². The van der Waals surface area contributed by atoms with E-state index in [1.54, 1.807) is 6.20 Å². The molecule has 0 fully saturated rings. The first kappa shape index (κ1) is 18.1. The van der Waals surface area contributed by atoms with E-state index in [4.69, 9.17) is 0 Å². The van der Waals surface area contributed by atoms with E-state index in [0.29, 0.717) is 16.5 Å². The molecule has 1 amide bonds. The molecule has 4 aromatic rings. The van der Waals surface area contributed by atoms with Gasteiger partial charge in [-0.05, 0) is 67.4 Å². The lowest BCUT2D eigenvalue weighted by Crippen LogP contribution is -2.14. The van der Waals surface area contributed by atoms with Gasteiger partial charge in [-0.1, -0.05) is 24.3 Å². The second-order valence-electron chi connectivity index (χ2n) is 6.39. The van der Waals surface area contributed by atoms with E-state index < -0.39 is 0 Å². The minimum atomic E-state index is -0.227. The maximum atomic E-state index is 12.7. The molecule has 6 heteroatoms. The highest BCUT2D eigenvalue weighted by Gasteiger charge is 2.12. The van der Waals surface area contributed by atoms with E-state index in [9.17, 15) is 4.79 Å². The summed E-state index contributed by atoms with van der Waals surface area (Å²) in [5, 5.41) is 5.46. The highest BCUT2D eigenvalue weighted by Crippen LogP contribution is 2.26. The van der Waals surface area contributed by atoms with Gasteiger partial charge in [0, 0.05) is 33.6 Å². The summed E-state index contributed by atoms with van der Waals surface area (Å²) < 4.78 is 0. The third-order valence-electron chi connectivity index (χ3n) is 4.17. The number of hydrogen-bond donors (Lipinski definition) is 1. The van der Waals surface area contributed by atoms with Crippen LogP contribution in [0.5, 0.6) is 0 Å². The molecule has 0 aliphatic heterocycles. The van der Waals surface area contributed by atoms with E-state index in [-0.39, 0.29) is 5.91 Å². The number of benzene rings is 2. The minimum Gasteiger partial charge on any atom is -0.321 e. The van der Waals surface area contributed by atoms with Crippen LogP contribution in [0.2, 0.25) is 0 Å². The van der Waals surface area contributed by atoms with Crippen LogP contribution in [0.4, 0.5) is 5.69 Å². The van der Waals surface area contributed by atoms with Crippen LogP contribution in [-0.2, 0) is 0 Å². The summed E-state index contributed by atoms with van der Waals surface area (Å²) >= 11 is 1.49. The smallest absolute Gasteiger partial charge is 0.274 e. The Morgan fingerprint density at radius 2 is 1.64 bits per heavy atom. The van der Waals surface area contributed by atoms with Crippen LogP contribution in [0.25, 0.3) is 10.8 Å². The fourth-order valence-corrected chi connectivity index (χ4v) is 3.80. The van der Waals surface area contributed by atoms with E-state index in [2.05, 4.69) is 20.3 Å². The predicted octanol–water partition coefficient (Wildman–Crippen LogP) is 5.05. The fraction of sp³-hybridized carbons (Fsp3) is 0.0909.